The molecule has 0 bridgehead atoms. The van der Waals surface area contributed by atoms with Gasteiger partial charge < -0.3 is 5.73 Å². The molecule has 0 aliphatic heterocycles. The number of nitrogens with one attached hydrogen (secondary N) is 1. The summed E-state index contributed by atoms with van der Waals surface area (Å²) in [6.07, 6.45) is 0.779. The first-order chi connectivity index (χ1) is 10.2. The van der Waals surface area contributed by atoms with E-state index in [1.165, 1.54) is 0 Å². The molecular weight excluding hydrogens is 306 g/mol. The monoisotopic (exact) mass is 319 g/mol. The summed E-state index contributed by atoms with van der Waals surface area (Å²) in [6, 6.07) is 7.47. The summed E-state index contributed by atoms with van der Waals surface area (Å²) >= 11 is 7.59. The fourth-order valence-electron chi connectivity index (χ4n) is 2.02. The molecule has 1 aromatic carbocycles. The van der Waals surface area contributed by atoms with Gasteiger partial charge in [-0.25, -0.2) is 9.97 Å². The van der Waals surface area contributed by atoms with E-state index >= 15 is 0 Å². The third-order valence-corrected chi connectivity index (χ3v) is 4.44. The molecule has 0 saturated heterocycles. The molecule has 0 radical (unpaired) electrons. The summed E-state index contributed by atoms with van der Waals surface area (Å²) in [5.74, 6) is 1.35. The minimum absolute atomic E-state index is 0.594. The van der Waals surface area contributed by atoms with Gasteiger partial charge in [-0.2, -0.15) is 5.10 Å². The molecule has 3 aromatic rings. The molecule has 0 amide bonds. The van der Waals surface area contributed by atoms with Crippen LogP contribution in [0.3, 0.4) is 0 Å². The molecule has 0 aliphatic carbocycles. The molecule has 0 aliphatic rings. The van der Waals surface area contributed by atoms with Crippen molar-refractivity contribution in [2.24, 2.45) is 5.73 Å². The van der Waals surface area contributed by atoms with Crippen LogP contribution in [0.1, 0.15) is 10.7 Å². The highest BCUT2D eigenvalue weighted by molar-refractivity contribution is 7.15. The van der Waals surface area contributed by atoms with Gasteiger partial charge in [-0.15, -0.1) is 11.3 Å². The second kappa shape index (κ2) is 5.93. The van der Waals surface area contributed by atoms with E-state index in [1.807, 2.05) is 31.2 Å². The Labute approximate surface area is 131 Å². The third kappa shape index (κ3) is 2.97. The van der Waals surface area contributed by atoms with E-state index in [4.69, 9.17) is 17.3 Å². The number of hydrogen-bond donors (Lipinski definition) is 2. The van der Waals surface area contributed by atoms with Gasteiger partial charge in [0.05, 0.1) is 15.6 Å². The number of aromatic nitrogens is 4. The van der Waals surface area contributed by atoms with Gasteiger partial charge >= 0.3 is 0 Å². The molecule has 3 rings (SSSR count). The van der Waals surface area contributed by atoms with E-state index < -0.39 is 0 Å². The van der Waals surface area contributed by atoms with Gasteiger partial charge in [0.1, 0.15) is 0 Å². The van der Waals surface area contributed by atoms with Crippen LogP contribution in [-0.4, -0.2) is 26.7 Å². The van der Waals surface area contributed by atoms with Crippen molar-refractivity contribution in [1.82, 2.24) is 20.2 Å². The molecule has 0 atom stereocenters. The second-order valence-electron chi connectivity index (χ2n) is 4.58. The molecule has 108 valence electrons. The van der Waals surface area contributed by atoms with Crippen molar-refractivity contribution in [2.45, 2.75) is 13.3 Å². The van der Waals surface area contributed by atoms with Crippen molar-refractivity contribution in [1.29, 1.82) is 0 Å². The van der Waals surface area contributed by atoms with Crippen LogP contribution in [0.15, 0.2) is 24.3 Å². The maximum Gasteiger partial charge on any atom is 0.181 e. The summed E-state index contributed by atoms with van der Waals surface area (Å²) < 4.78 is 0. The lowest BCUT2D eigenvalue weighted by molar-refractivity contribution is 0.945. The number of hydrogen-bond acceptors (Lipinski definition) is 5. The van der Waals surface area contributed by atoms with Gasteiger partial charge in [0.2, 0.25) is 0 Å². The van der Waals surface area contributed by atoms with Crippen LogP contribution in [0.4, 0.5) is 0 Å². The van der Waals surface area contributed by atoms with Crippen LogP contribution in [0.2, 0.25) is 5.02 Å². The molecule has 2 aromatic heterocycles. The molecule has 7 heteroatoms. The third-order valence-electron chi connectivity index (χ3n) is 2.98. The zero-order valence-electron chi connectivity index (χ0n) is 11.4. The average Bonchev–Trinajstić information content (AvgIpc) is 3.06. The van der Waals surface area contributed by atoms with Crippen molar-refractivity contribution in [3.05, 3.63) is 40.0 Å². The molecule has 0 unspecified atom stereocenters. The Hall–Kier alpha value is -1.76. The number of aryl methyl sites for hydroxylation is 1. The standard InChI is InChI=1S/C14H14ClN5S/c1-8-12(21-11(17-8)5-6-16)14-18-13(19-20-14)9-3-2-4-10(15)7-9/h2-4,7H,5-6,16H2,1H3,(H,18,19,20). The first-order valence-electron chi connectivity index (χ1n) is 6.52. The SMILES string of the molecule is Cc1nc(CCN)sc1-c1nc(-c2cccc(Cl)c2)n[nH]1. The summed E-state index contributed by atoms with van der Waals surface area (Å²) in [6.45, 7) is 2.56. The predicted molar refractivity (Wildman–Crippen MR) is 85.4 cm³/mol. The zero-order chi connectivity index (χ0) is 14.8. The average molecular weight is 320 g/mol. The molecule has 0 spiro atoms. The maximum atomic E-state index is 6.00. The van der Waals surface area contributed by atoms with E-state index in [1.54, 1.807) is 11.3 Å². The van der Waals surface area contributed by atoms with Gasteiger partial charge in [-0.1, -0.05) is 23.7 Å². The molecule has 0 saturated carbocycles. The van der Waals surface area contributed by atoms with Crippen LogP contribution in [-0.2, 0) is 6.42 Å². The Morgan fingerprint density at radius 3 is 2.95 bits per heavy atom. The van der Waals surface area contributed by atoms with Crippen molar-refractivity contribution < 1.29 is 0 Å². The summed E-state index contributed by atoms with van der Waals surface area (Å²) in [7, 11) is 0. The Kier molecular flexibility index (Phi) is 4.01. The molecule has 3 N–H and O–H groups in total. The Bertz CT molecular complexity index is 764. The van der Waals surface area contributed by atoms with Gasteiger partial charge in [0.25, 0.3) is 0 Å². The maximum absolute atomic E-state index is 6.00. The fraction of sp³-hybridized carbons (Fsp3) is 0.214. The highest BCUT2D eigenvalue weighted by atomic mass is 35.5. The molecule has 2 heterocycles. The van der Waals surface area contributed by atoms with Crippen molar-refractivity contribution in [3.8, 4) is 22.1 Å². The van der Waals surface area contributed by atoms with Crippen LogP contribution >= 0.6 is 22.9 Å². The second-order valence-corrected chi connectivity index (χ2v) is 6.10. The van der Waals surface area contributed by atoms with Gasteiger partial charge in [-0.3, -0.25) is 5.10 Å². The molecule has 0 fully saturated rings. The number of thiazole rings is 1. The van der Waals surface area contributed by atoms with Crippen molar-refractivity contribution in [2.75, 3.05) is 6.54 Å². The highest BCUT2D eigenvalue weighted by Gasteiger charge is 2.14. The number of aromatic amines is 1. The quantitative estimate of drug-likeness (QED) is 0.774. The summed E-state index contributed by atoms with van der Waals surface area (Å²) in [4.78, 5) is 10.0. The first kappa shape index (κ1) is 14.2. The lowest BCUT2D eigenvalue weighted by Gasteiger charge is -1.94. The smallest absolute Gasteiger partial charge is 0.181 e. The van der Waals surface area contributed by atoms with Gasteiger partial charge in [0.15, 0.2) is 11.6 Å². The minimum Gasteiger partial charge on any atom is -0.330 e. The van der Waals surface area contributed by atoms with Crippen LogP contribution in [0, 0.1) is 6.92 Å². The Balaban J connectivity index is 1.95. The van der Waals surface area contributed by atoms with Crippen molar-refractivity contribution >= 4 is 22.9 Å². The number of rotatable bonds is 4. The zero-order valence-corrected chi connectivity index (χ0v) is 13.0. The fourth-order valence-corrected chi connectivity index (χ4v) is 3.23. The lowest BCUT2D eigenvalue weighted by atomic mass is 10.2. The molecular formula is C14H14ClN5S. The van der Waals surface area contributed by atoms with E-state index in [2.05, 4.69) is 20.2 Å². The van der Waals surface area contributed by atoms with E-state index in [9.17, 15) is 0 Å². The van der Waals surface area contributed by atoms with E-state index in [0.29, 0.717) is 17.4 Å². The van der Waals surface area contributed by atoms with Crippen molar-refractivity contribution in [3.63, 3.8) is 0 Å². The Morgan fingerprint density at radius 1 is 1.33 bits per heavy atom. The number of halogens is 1. The van der Waals surface area contributed by atoms with Gasteiger partial charge in [0, 0.05) is 17.0 Å². The summed E-state index contributed by atoms with van der Waals surface area (Å²) in [5, 5.41) is 8.92. The number of benzene rings is 1. The highest BCUT2D eigenvalue weighted by Crippen LogP contribution is 2.29. The van der Waals surface area contributed by atoms with Crippen LogP contribution < -0.4 is 5.73 Å². The minimum atomic E-state index is 0.594. The van der Waals surface area contributed by atoms with Crippen LogP contribution in [0.25, 0.3) is 22.1 Å². The predicted octanol–water partition coefficient (Wildman–Crippen LogP) is 3.06. The normalized spacial score (nSPS) is 11.0. The largest absolute Gasteiger partial charge is 0.330 e. The molecule has 21 heavy (non-hydrogen) atoms. The first-order valence-corrected chi connectivity index (χ1v) is 7.72. The van der Waals surface area contributed by atoms with Crippen LogP contribution in [0.5, 0.6) is 0 Å². The number of nitrogens with zero attached hydrogens (tertiary/aromatic N) is 3. The number of nitrogens with two attached hydrogens (primary N) is 1. The summed E-state index contributed by atoms with van der Waals surface area (Å²) in [5.41, 5.74) is 7.40. The van der Waals surface area contributed by atoms with E-state index in [-0.39, 0.29) is 0 Å². The lowest BCUT2D eigenvalue weighted by Crippen LogP contribution is -2.01. The van der Waals surface area contributed by atoms with E-state index in [0.717, 1.165) is 33.4 Å². The topological polar surface area (TPSA) is 80.5 Å². The van der Waals surface area contributed by atoms with Gasteiger partial charge in [-0.05, 0) is 25.6 Å². The Morgan fingerprint density at radius 2 is 2.19 bits per heavy atom. The molecule has 5 nitrogen and oxygen atoms in total. The number of H-pyrrole nitrogens is 1.